The second kappa shape index (κ2) is 7.22. The summed E-state index contributed by atoms with van der Waals surface area (Å²) in [6.07, 6.45) is -1.48. The predicted octanol–water partition coefficient (Wildman–Crippen LogP) is 0.475. The van der Waals surface area contributed by atoms with Gasteiger partial charge in [-0.05, 0) is 18.8 Å². The molecule has 0 saturated carbocycles. The minimum Gasteiger partial charge on any atom is -0.481 e. The second-order valence-corrected chi connectivity index (χ2v) is 4.77. The molecule has 1 saturated heterocycles. The lowest BCUT2D eigenvalue weighted by Gasteiger charge is -2.37. The number of hydrogen-bond acceptors (Lipinski definition) is 3. The molecular formula is C11H19F2N3O3. The fraction of sp³-hybridized carbons (Fsp3) is 0.818. The number of nitrogens with one attached hydrogen (secondary N) is 1. The van der Waals surface area contributed by atoms with Crippen LogP contribution in [0.2, 0.25) is 0 Å². The molecule has 4 N–H and O–H groups in total. The number of aliphatic carboxylic acids is 1. The van der Waals surface area contributed by atoms with Crippen LogP contribution in [0.3, 0.4) is 0 Å². The van der Waals surface area contributed by atoms with Crippen LogP contribution in [-0.2, 0) is 4.79 Å². The summed E-state index contributed by atoms with van der Waals surface area (Å²) in [6, 6.07) is -0.877. The van der Waals surface area contributed by atoms with Gasteiger partial charge in [0.05, 0.1) is 6.54 Å². The zero-order chi connectivity index (χ0) is 14.4. The van der Waals surface area contributed by atoms with Crippen molar-refractivity contribution >= 4 is 12.0 Å². The van der Waals surface area contributed by atoms with Gasteiger partial charge in [-0.2, -0.15) is 0 Å². The smallest absolute Gasteiger partial charge is 0.314 e. The van der Waals surface area contributed by atoms with Crippen molar-refractivity contribution in [2.75, 3.05) is 19.6 Å². The molecule has 110 valence electrons. The second-order valence-electron chi connectivity index (χ2n) is 4.77. The number of urea groups is 1. The third-order valence-corrected chi connectivity index (χ3v) is 3.18. The quantitative estimate of drug-likeness (QED) is 0.658. The van der Waals surface area contributed by atoms with E-state index < -0.39 is 25.0 Å². The number of nitrogens with two attached hydrogens (primary N) is 1. The first-order valence-electron chi connectivity index (χ1n) is 6.16. The van der Waals surface area contributed by atoms with Crippen molar-refractivity contribution in [2.45, 2.75) is 31.7 Å². The number of primary amides is 1. The van der Waals surface area contributed by atoms with E-state index in [-0.39, 0.29) is 24.9 Å². The molecule has 0 radical (unpaired) electrons. The Morgan fingerprint density at radius 2 is 2.11 bits per heavy atom. The maximum absolute atomic E-state index is 12.2. The van der Waals surface area contributed by atoms with Crippen molar-refractivity contribution in [3.8, 4) is 0 Å². The molecule has 19 heavy (non-hydrogen) atoms. The van der Waals surface area contributed by atoms with Gasteiger partial charge in [0.25, 0.3) is 6.43 Å². The molecular weight excluding hydrogens is 260 g/mol. The molecule has 6 nitrogen and oxygen atoms in total. The van der Waals surface area contributed by atoms with E-state index in [0.29, 0.717) is 19.4 Å². The van der Waals surface area contributed by atoms with E-state index in [9.17, 15) is 18.4 Å². The average molecular weight is 279 g/mol. The summed E-state index contributed by atoms with van der Waals surface area (Å²) < 4.78 is 24.3. The highest BCUT2D eigenvalue weighted by Crippen LogP contribution is 2.21. The molecule has 1 heterocycles. The van der Waals surface area contributed by atoms with Crippen LogP contribution in [0.5, 0.6) is 0 Å². The van der Waals surface area contributed by atoms with Gasteiger partial charge in [-0.3, -0.25) is 4.79 Å². The Bertz CT molecular complexity index is 328. The zero-order valence-electron chi connectivity index (χ0n) is 10.5. The van der Waals surface area contributed by atoms with Crippen molar-refractivity contribution in [2.24, 2.45) is 11.7 Å². The molecule has 1 fully saturated rings. The van der Waals surface area contributed by atoms with Crippen LogP contribution in [0.25, 0.3) is 0 Å². The van der Waals surface area contributed by atoms with Gasteiger partial charge in [-0.1, -0.05) is 0 Å². The highest BCUT2D eigenvalue weighted by atomic mass is 19.3. The number of carboxylic acids is 1. The summed E-state index contributed by atoms with van der Waals surface area (Å²) in [5.41, 5.74) is 5.20. The lowest BCUT2D eigenvalue weighted by atomic mass is 9.90. The Morgan fingerprint density at radius 1 is 1.42 bits per heavy atom. The van der Waals surface area contributed by atoms with Crippen molar-refractivity contribution in [3.05, 3.63) is 0 Å². The van der Waals surface area contributed by atoms with Crippen LogP contribution < -0.4 is 11.1 Å². The number of likely N-dealkylation sites (tertiary alicyclic amines) is 1. The predicted molar refractivity (Wildman–Crippen MR) is 63.9 cm³/mol. The van der Waals surface area contributed by atoms with Crippen molar-refractivity contribution < 1.29 is 23.5 Å². The fourth-order valence-corrected chi connectivity index (χ4v) is 2.32. The lowest BCUT2D eigenvalue weighted by molar-refractivity contribution is -0.137. The number of carbonyl (C=O) groups is 2. The van der Waals surface area contributed by atoms with Gasteiger partial charge in [0.1, 0.15) is 0 Å². The Kier molecular flexibility index (Phi) is 5.94. The Morgan fingerprint density at radius 3 is 2.63 bits per heavy atom. The molecule has 0 spiro atoms. The number of halogens is 2. The Balaban J connectivity index is 2.52. The van der Waals surface area contributed by atoms with Crippen LogP contribution >= 0.6 is 0 Å². The van der Waals surface area contributed by atoms with Crippen molar-refractivity contribution in [1.29, 1.82) is 0 Å². The van der Waals surface area contributed by atoms with Crippen LogP contribution in [0, 0.1) is 5.92 Å². The van der Waals surface area contributed by atoms with E-state index in [1.165, 1.54) is 4.90 Å². The molecule has 0 aliphatic carbocycles. The van der Waals surface area contributed by atoms with Gasteiger partial charge >= 0.3 is 12.0 Å². The number of hydrogen-bond donors (Lipinski definition) is 3. The van der Waals surface area contributed by atoms with Gasteiger partial charge in [0.15, 0.2) is 0 Å². The number of carboxylic acid groups (broad SMARTS) is 1. The number of nitrogens with zero attached hydrogens (tertiary/aromatic N) is 1. The summed E-state index contributed by atoms with van der Waals surface area (Å²) in [7, 11) is 0. The minimum absolute atomic E-state index is 0.00115. The van der Waals surface area contributed by atoms with Crippen LogP contribution in [0.15, 0.2) is 0 Å². The van der Waals surface area contributed by atoms with Gasteiger partial charge in [-0.15, -0.1) is 0 Å². The first kappa shape index (κ1) is 15.6. The first-order valence-corrected chi connectivity index (χ1v) is 6.16. The third-order valence-electron chi connectivity index (χ3n) is 3.18. The summed E-state index contributed by atoms with van der Waals surface area (Å²) in [5, 5.41) is 11.3. The molecule has 0 aromatic heterocycles. The molecule has 1 aliphatic rings. The normalized spacial score (nSPS) is 23.6. The molecule has 2 unspecified atom stereocenters. The molecule has 1 aliphatic heterocycles. The molecule has 0 bridgehead atoms. The molecule has 0 aromatic rings. The van der Waals surface area contributed by atoms with Crippen molar-refractivity contribution in [3.63, 3.8) is 0 Å². The molecule has 2 amide bonds. The largest absolute Gasteiger partial charge is 0.481 e. The molecule has 8 heteroatoms. The van der Waals surface area contributed by atoms with E-state index in [1.54, 1.807) is 0 Å². The SMILES string of the molecule is NC(=O)N1CC(CCC(=O)O)CC(NCC(F)F)C1. The minimum atomic E-state index is -2.46. The lowest BCUT2D eigenvalue weighted by Crippen LogP contribution is -2.53. The van der Waals surface area contributed by atoms with Crippen LogP contribution in [-0.4, -0.2) is 54.1 Å². The monoisotopic (exact) mass is 279 g/mol. The van der Waals surface area contributed by atoms with E-state index >= 15 is 0 Å². The number of carbonyl (C=O) groups excluding carboxylic acids is 1. The van der Waals surface area contributed by atoms with Gasteiger partial charge < -0.3 is 21.1 Å². The average Bonchev–Trinajstić information content (AvgIpc) is 2.33. The van der Waals surface area contributed by atoms with E-state index in [0.717, 1.165) is 0 Å². The van der Waals surface area contributed by atoms with E-state index in [4.69, 9.17) is 10.8 Å². The summed E-state index contributed by atoms with van der Waals surface area (Å²) in [5.74, 6) is -0.944. The highest BCUT2D eigenvalue weighted by molar-refractivity contribution is 5.72. The van der Waals surface area contributed by atoms with E-state index in [2.05, 4.69) is 5.32 Å². The first-order chi connectivity index (χ1) is 8.88. The standard InChI is InChI=1S/C11H19F2N3O3/c12-9(13)4-15-8-3-7(1-2-10(17)18)5-16(6-8)11(14)19/h7-9,15H,1-6H2,(H2,14,19)(H,17,18). The number of amides is 2. The maximum Gasteiger partial charge on any atom is 0.314 e. The number of rotatable bonds is 6. The fourth-order valence-electron chi connectivity index (χ4n) is 2.32. The van der Waals surface area contributed by atoms with Crippen LogP contribution in [0.4, 0.5) is 13.6 Å². The third kappa shape index (κ3) is 5.82. The van der Waals surface area contributed by atoms with Gasteiger partial charge in [-0.25, -0.2) is 13.6 Å². The van der Waals surface area contributed by atoms with Gasteiger partial charge in [0.2, 0.25) is 0 Å². The highest BCUT2D eigenvalue weighted by Gasteiger charge is 2.29. The summed E-state index contributed by atoms with van der Waals surface area (Å²) >= 11 is 0. The molecule has 2 atom stereocenters. The summed E-state index contributed by atoms with van der Waals surface area (Å²) in [6.45, 7) is 0.226. The van der Waals surface area contributed by atoms with Gasteiger partial charge in [0, 0.05) is 25.6 Å². The number of piperidine rings is 1. The zero-order valence-corrected chi connectivity index (χ0v) is 10.5. The van der Waals surface area contributed by atoms with E-state index in [1.807, 2.05) is 0 Å². The van der Waals surface area contributed by atoms with Crippen molar-refractivity contribution in [1.82, 2.24) is 10.2 Å². The molecule has 1 rings (SSSR count). The Hall–Kier alpha value is -1.44. The maximum atomic E-state index is 12.2. The number of alkyl halides is 2. The topological polar surface area (TPSA) is 95.7 Å². The Labute approximate surface area is 109 Å². The summed E-state index contributed by atoms with van der Waals surface area (Å²) in [4.78, 5) is 23.1. The molecule has 0 aromatic carbocycles. The van der Waals surface area contributed by atoms with Crippen LogP contribution in [0.1, 0.15) is 19.3 Å².